The van der Waals surface area contributed by atoms with Crippen molar-refractivity contribution < 1.29 is 9.59 Å². The van der Waals surface area contributed by atoms with Crippen molar-refractivity contribution >= 4 is 39.4 Å². The van der Waals surface area contributed by atoms with Gasteiger partial charge in [0.25, 0.3) is 0 Å². The summed E-state index contributed by atoms with van der Waals surface area (Å²) < 4.78 is 0. The van der Waals surface area contributed by atoms with Crippen molar-refractivity contribution in [2.75, 3.05) is 11.4 Å². The number of rotatable bonds is 3. The van der Waals surface area contributed by atoms with Crippen LogP contribution in [0.4, 0.5) is 5.82 Å². The summed E-state index contributed by atoms with van der Waals surface area (Å²) in [6.45, 7) is 0.353. The molecule has 1 aliphatic carbocycles. The first-order valence-electron chi connectivity index (χ1n) is 10.8. The Morgan fingerprint density at radius 3 is 2.71 bits per heavy atom. The van der Waals surface area contributed by atoms with E-state index < -0.39 is 0 Å². The predicted octanol–water partition coefficient (Wildman–Crippen LogP) is 3.59. The molecular formula is C24H23N5O2. The van der Waals surface area contributed by atoms with Crippen LogP contribution in [0.2, 0.25) is 0 Å². The summed E-state index contributed by atoms with van der Waals surface area (Å²) in [6.07, 6.45) is 3.17. The van der Waals surface area contributed by atoms with Gasteiger partial charge in [-0.1, -0.05) is 30.3 Å². The molecule has 6 rings (SSSR count). The van der Waals surface area contributed by atoms with Gasteiger partial charge in [-0.3, -0.25) is 19.6 Å². The molecule has 2 aromatic carbocycles. The fraction of sp³-hybridized carbons (Fsp3) is 0.292. The molecule has 0 radical (unpaired) electrons. The number of aromatic nitrogens is 3. The average Bonchev–Trinajstić information content (AvgIpc) is 3.49. The number of nitrogens with one attached hydrogen (secondary N) is 3. The van der Waals surface area contributed by atoms with Crippen LogP contribution in [0.3, 0.4) is 0 Å². The number of fused-ring (bicyclic) bond motifs is 4. The van der Waals surface area contributed by atoms with Gasteiger partial charge in [0.1, 0.15) is 0 Å². The molecule has 2 amide bonds. The van der Waals surface area contributed by atoms with Gasteiger partial charge in [-0.25, -0.2) is 0 Å². The molecule has 7 heteroatoms. The lowest BCUT2D eigenvalue weighted by Crippen LogP contribution is -2.37. The lowest BCUT2D eigenvalue weighted by Gasteiger charge is -2.25. The molecule has 3 N–H and O–H groups in total. The summed E-state index contributed by atoms with van der Waals surface area (Å²) in [4.78, 5) is 31.0. The molecule has 3 heterocycles. The highest BCUT2D eigenvalue weighted by Gasteiger charge is 2.38. The zero-order valence-electron chi connectivity index (χ0n) is 17.0. The Bertz CT molecular complexity index is 1320. The maximum absolute atomic E-state index is 13.1. The Morgan fingerprint density at radius 2 is 1.84 bits per heavy atom. The van der Waals surface area contributed by atoms with Crippen molar-refractivity contribution in [2.24, 2.45) is 5.92 Å². The van der Waals surface area contributed by atoms with E-state index in [-0.39, 0.29) is 30.2 Å². The Labute approximate surface area is 178 Å². The number of hydrogen-bond donors (Lipinski definition) is 3. The van der Waals surface area contributed by atoms with Crippen LogP contribution in [0.1, 0.15) is 36.6 Å². The number of H-pyrrole nitrogens is 2. The number of nitrogens with zero attached hydrogens (tertiary/aromatic N) is 2. The van der Waals surface area contributed by atoms with E-state index in [0.29, 0.717) is 12.4 Å². The van der Waals surface area contributed by atoms with E-state index in [1.54, 1.807) is 4.90 Å². The van der Waals surface area contributed by atoms with E-state index in [2.05, 4.69) is 38.7 Å². The van der Waals surface area contributed by atoms with Crippen LogP contribution in [-0.2, 0) is 16.0 Å². The van der Waals surface area contributed by atoms with Crippen LogP contribution in [-0.4, -0.2) is 33.5 Å². The Kier molecular flexibility index (Phi) is 4.09. The van der Waals surface area contributed by atoms with Crippen molar-refractivity contribution in [3.05, 3.63) is 59.8 Å². The van der Waals surface area contributed by atoms with Crippen molar-refractivity contribution in [1.29, 1.82) is 0 Å². The van der Waals surface area contributed by atoms with Crippen LogP contribution in [0.5, 0.6) is 0 Å². The second-order valence-corrected chi connectivity index (χ2v) is 8.51. The SMILES string of the molecule is O=C(N[C@H]1CCCc2c1[nH]c1ccccc21)[C@H]1CC(=O)N(c2n[nH]c3ccccc23)C1. The van der Waals surface area contributed by atoms with Gasteiger partial charge in [0.15, 0.2) is 5.82 Å². The summed E-state index contributed by atoms with van der Waals surface area (Å²) in [5.41, 5.74) is 4.41. The molecule has 2 atom stereocenters. The highest BCUT2D eigenvalue weighted by atomic mass is 16.2. The number of amides is 2. The molecule has 1 aliphatic heterocycles. The molecule has 2 aromatic heterocycles. The zero-order chi connectivity index (χ0) is 20.9. The molecule has 1 saturated heterocycles. The minimum absolute atomic E-state index is 0.0426. The van der Waals surface area contributed by atoms with E-state index in [1.807, 2.05) is 30.3 Å². The molecule has 0 spiro atoms. The van der Waals surface area contributed by atoms with E-state index in [0.717, 1.165) is 41.4 Å². The molecule has 0 saturated carbocycles. The summed E-state index contributed by atoms with van der Waals surface area (Å²) in [6, 6.07) is 16.0. The van der Waals surface area contributed by atoms with Gasteiger partial charge in [-0.05, 0) is 43.0 Å². The minimum Gasteiger partial charge on any atom is -0.356 e. The van der Waals surface area contributed by atoms with Crippen LogP contribution >= 0.6 is 0 Å². The topological polar surface area (TPSA) is 93.9 Å². The largest absolute Gasteiger partial charge is 0.356 e. The fourth-order valence-electron chi connectivity index (χ4n) is 5.09. The summed E-state index contributed by atoms with van der Waals surface area (Å²) in [5.74, 6) is 0.101. The van der Waals surface area contributed by atoms with E-state index in [4.69, 9.17) is 0 Å². The predicted molar refractivity (Wildman–Crippen MR) is 119 cm³/mol. The number of hydrogen-bond acceptors (Lipinski definition) is 3. The van der Waals surface area contributed by atoms with Gasteiger partial charge in [-0.2, -0.15) is 5.10 Å². The first-order chi connectivity index (χ1) is 15.2. The van der Waals surface area contributed by atoms with Gasteiger partial charge in [-0.15, -0.1) is 0 Å². The second-order valence-electron chi connectivity index (χ2n) is 8.51. The number of aryl methyl sites for hydroxylation is 1. The minimum atomic E-state index is -0.377. The monoisotopic (exact) mass is 413 g/mol. The molecule has 31 heavy (non-hydrogen) atoms. The van der Waals surface area contributed by atoms with Crippen LogP contribution in [0.25, 0.3) is 21.8 Å². The Morgan fingerprint density at radius 1 is 1.06 bits per heavy atom. The molecular weight excluding hydrogens is 390 g/mol. The van der Waals surface area contributed by atoms with Crippen LogP contribution in [0.15, 0.2) is 48.5 Å². The molecule has 0 unspecified atom stereocenters. The molecule has 1 fully saturated rings. The highest BCUT2D eigenvalue weighted by Crippen LogP contribution is 2.35. The van der Waals surface area contributed by atoms with Gasteiger partial charge in [0, 0.05) is 34.9 Å². The van der Waals surface area contributed by atoms with Gasteiger partial charge in [0.2, 0.25) is 11.8 Å². The fourth-order valence-corrected chi connectivity index (χ4v) is 5.09. The average molecular weight is 413 g/mol. The quantitative estimate of drug-likeness (QED) is 0.479. The lowest BCUT2D eigenvalue weighted by atomic mass is 9.91. The number of carbonyl (C=O) groups is 2. The Balaban J connectivity index is 1.22. The zero-order valence-corrected chi connectivity index (χ0v) is 17.0. The molecule has 0 bridgehead atoms. The van der Waals surface area contributed by atoms with Gasteiger partial charge < -0.3 is 10.3 Å². The van der Waals surface area contributed by atoms with E-state index >= 15 is 0 Å². The highest BCUT2D eigenvalue weighted by molar-refractivity contribution is 6.05. The Hall–Kier alpha value is -3.61. The van der Waals surface area contributed by atoms with Gasteiger partial charge in [0.05, 0.1) is 17.5 Å². The number of aromatic amines is 2. The van der Waals surface area contributed by atoms with Crippen molar-refractivity contribution in [2.45, 2.75) is 31.7 Å². The third-order valence-electron chi connectivity index (χ3n) is 6.63. The van der Waals surface area contributed by atoms with Crippen LogP contribution in [0, 0.1) is 5.92 Å². The van der Waals surface area contributed by atoms with Crippen LogP contribution < -0.4 is 10.2 Å². The molecule has 156 valence electrons. The summed E-state index contributed by atoms with van der Waals surface area (Å²) in [5, 5.41) is 12.7. The molecule has 7 nitrogen and oxygen atoms in total. The van der Waals surface area contributed by atoms with E-state index in [9.17, 15) is 9.59 Å². The standard InChI is InChI=1S/C24H23N5O2/c30-21-12-14(13-29(21)23-17-7-2-4-10-19(17)27-28-23)24(31)26-20-11-5-8-16-15-6-1-3-9-18(15)25-22(16)20/h1-4,6-7,9-10,14,20,25H,5,8,11-13H2,(H,26,31)(H,27,28)/t14-,20-/m0/s1. The number of anilines is 1. The lowest BCUT2D eigenvalue weighted by molar-refractivity contribution is -0.127. The smallest absolute Gasteiger partial charge is 0.229 e. The first kappa shape index (κ1) is 18.2. The second kappa shape index (κ2) is 6.97. The molecule has 2 aliphatic rings. The van der Waals surface area contributed by atoms with Crippen molar-refractivity contribution in [3.63, 3.8) is 0 Å². The van der Waals surface area contributed by atoms with Crippen molar-refractivity contribution in [3.8, 4) is 0 Å². The first-order valence-corrected chi connectivity index (χ1v) is 10.8. The number of benzene rings is 2. The molecule has 4 aromatic rings. The summed E-state index contributed by atoms with van der Waals surface area (Å²) >= 11 is 0. The number of para-hydroxylation sites is 2. The third-order valence-corrected chi connectivity index (χ3v) is 6.63. The summed E-state index contributed by atoms with van der Waals surface area (Å²) in [7, 11) is 0. The number of carbonyl (C=O) groups excluding carboxylic acids is 2. The third kappa shape index (κ3) is 2.91. The van der Waals surface area contributed by atoms with Gasteiger partial charge >= 0.3 is 0 Å². The normalized spacial score (nSPS) is 21.0. The maximum Gasteiger partial charge on any atom is 0.229 e. The maximum atomic E-state index is 13.1. The van der Waals surface area contributed by atoms with E-state index in [1.165, 1.54) is 10.9 Å². The van der Waals surface area contributed by atoms with Crippen molar-refractivity contribution in [1.82, 2.24) is 20.5 Å².